The van der Waals surface area contributed by atoms with E-state index in [0.29, 0.717) is 11.6 Å². The Bertz CT molecular complexity index is 215. The molecular formula is C16H34N2. The van der Waals surface area contributed by atoms with Gasteiger partial charge in [0.1, 0.15) is 0 Å². The standard InChI is InChI=1S/C16H34N2/c1-6-13-17-15(14(7-2)8-3)16(18(4)5)11-9-10-12-16/h14-15,17H,6-13H2,1-5H3. The van der Waals surface area contributed by atoms with Crippen LogP contribution in [-0.2, 0) is 0 Å². The van der Waals surface area contributed by atoms with Gasteiger partial charge in [-0.25, -0.2) is 0 Å². The first kappa shape index (κ1) is 16.0. The summed E-state index contributed by atoms with van der Waals surface area (Å²) in [6, 6.07) is 0.671. The summed E-state index contributed by atoms with van der Waals surface area (Å²) in [4.78, 5) is 2.52. The fourth-order valence-electron chi connectivity index (χ4n) is 3.88. The molecule has 1 N–H and O–H groups in total. The van der Waals surface area contributed by atoms with Crippen LogP contribution < -0.4 is 5.32 Å². The molecule has 1 saturated carbocycles. The van der Waals surface area contributed by atoms with E-state index in [1.807, 2.05) is 0 Å². The van der Waals surface area contributed by atoms with E-state index in [0.717, 1.165) is 12.5 Å². The highest BCUT2D eigenvalue weighted by Crippen LogP contribution is 2.40. The normalized spacial score (nSPS) is 20.8. The molecule has 1 aliphatic rings. The number of hydrogen-bond acceptors (Lipinski definition) is 2. The molecule has 1 unspecified atom stereocenters. The topological polar surface area (TPSA) is 15.3 Å². The molecule has 0 aliphatic heterocycles. The van der Waals surface area contributed by atoms with Crippen molar-refractivity contribution in [2.45, 2.75) is 77.3 Å². The molecule has 108 valence electrons. The minimum absolute atomic E-state index is 0.409. The minimum atomic E-state index is 0.409. The molecule has 2 heteroatoms. The predicted octanol–water partition coefficient (Wildman–Crippen LogP) is 3.67. The van der Waals surface area contributed by atoms with Crippen molar-refractivity contribution in [1.29, 1.82) is 0 Å². The smallest absolute Gasteiger partial charge is 0.0359 e. The molecular weight excluding hydrogens is 220 g/mol. The Morgan fingerprint density at radius 3 is 2.00 bits per heavy atom. The van der Waals surface area contributed by atoms with Gasteiger partial charge in [-0.2, -0.15) is 0 Å². The first-order valence-corrected chi connectivity index (χ1v) is 8.03. The van der Waals surface area contributed by atoms with Gasteiger partial charge >= 0.3 is 0 Å². The molecule has 0 heterocycles. The first-order valence-electron chi connectivity index (χ1n) is 8.03. The van der Waals surface area contributed by atoms with Gasteiger partial charge in [-0.1, -0.05) is 46.5 Å². The van der Waals surface area contributed by atoms with Crippen LogP contribution in [0.3, 0.4) is 0 Å². The SMILES string of the molecule is CCCNC(C(CC)CC)C1(N(C)C)CCCC1. The molecule has 0 saturated heterocycles. The average molecular weight is 254 g/mol. The number of nitrogens with zero attached hydrogens (tertiary/aromatic N) is 1. The van der Waals surface area contributed by atoms with Gasteiger partial charge < -0.3 is 10.2 Å². The van der Waals surface area contributed by atoms with Gasteiger partial charge in [-0.05, 0) is 45.8 Å². The highest BCUT2D eigenvalue weighted by Gasteiger charge is 2.45. The van der Waals surface area contributed by atoms with Crippen LogP contribution in [0.1, 0.15) is 65.7 Å². The van der Waals surface area contributed by atoms with E-state index in [9.17, 15) is 0 Å². The number of hydrogen-bond donors (Lipinski definition) is 1. The molecule has 0 bridgehead atoms. The van der Waals surface area contributed by atoms with E-state index in [-0.39, 0.29) is 0 Å². The van der Waals surface area contributed by atoms with Crippen molar-refractivity contribution in [1.82, 2.24) is 10.2 Å². The summed E-state index contributed by atoms with van der Waals surface area (Å²) in [6.07, 6.45) is 9.39. The van der Waals surface area contributed by atoms with Crippen LogP contribution in [0.5, 0.6) is 0 Å². The second kappa shape index (κ2) is 7.49. The quantitative estimate of drug-likeness (QED) is 0.711. The van der Waals surface area contributed by atoms with Crippen LogP contribution in [0.15, 0.2) is 0 Å². The van der Waals surface area contributed by atoms with E-state index in [2.05, 4.69) is 45.1 Å². The van der Waals surface area contributed by atoms with Gasteiger partial charge in [-0.3, -0.25) is 0 Å². The van der Waals surface area contributed by atoms with Crippen LogP contribution in [0.2, 0.25) is 0 Å². The Kier molecular flexibility index (Phi) is 6.65. The molecule has 0 aromatic rings. The Morgan fingerprint density at radius 1 is 1.06 bits per heavy atom. The maximum Gasteiger partial charge on any atom is 0.0359 e. The fourth-order valence-corrected chi connectivity index (χ4v) is 3.88. The molecule has 1 aliphatic carbocycles. The lowest BCUT2D eigenvalue weighted by Gasteiger charge is -2.47. The van der Waals surface area contributed by atoms with E-state index in [4.69, 9.17) is 0 Å². The van der Waals surface area contributed by atoms with Gasteiger partial charge in [0.2, 0.25) is 0 Å². The third kappa shape index (κ3) is 3.27. The molecule has 0 aromatic carbocycles. The minimum Gasteiger partial charge on any atom is -0.312 e. The Morgan fingerprint density at radius 2 is 1.61 bits per heavy atom. The highest BCUT2D eigenvalue weighted by molar-refractivity contribution is 5.04. The molecule has 0 amide bonds. The van der Waals surface area contributed by atoms with E-state index < -0.39 is 0 Å². The van der Waals surface area contributed by atoms with Gasteiger partial charge in [0.05, 0.1) is 0 Å². The largest absolute Gasteiger partial charge is 0.312 e. The molecule has 0 aromatic heterocycles. The lowest BCUT2D eigenvalue weighted by atomic mass is 9.77. The first-order chi connectivity index (χ1) is 8.62. The third-order valence-electron chi connectivity index (χ3n) is 5.07. The van der Waals surface area contributed by atoms with E-state index in [1.165, 1.54) is 44.9 Å². The molecule has 18 heavy (non-hydrogen) atoms. The maximum absolute atomic E-state index is 3.89. The molecule has 0 radical (unpaired) electrons. The number of rotatable bonds is 8. The summed E-state index contributed by atoms with van der Waals surface area (Å²) >= 11 is 0. The lowest BCUT2D eigenvalue weighted by Crippen LogP contribution is -2.60. The van der Waals surface area contributed by atoms with Crippen molar-refractivity contribution in [2.75, 3.05) is 20.6 Å². The van der Waals surface area contributed by atoms with Crippen LogP contribution in [0.4, 0.5) is 0 Å². The van der Waals surface area contributed by atoms with Crippen molar-refractivity contribution in [3.8, 4) is 0 Å². The fraction of sp³-hybridized carbons (Fsp3) is 1.00. The van der Waals surface area contributed by atoms with Crippen LogP contribution in [-0.4, -0.2) is 37.1 Å². The lowest BCUT2D eigenvalue weighted by molar-refractivity contribution is 0.0703. The van der Waals surface area contributed by atoms with E-state index >= 15 is 0 Å². The highest BCUT2D eigenvalue weighted by atomic mass is 15.2. The van der Waals surface area contributed by atoms with Crippen LogP contribution >= 0.6 is 0 Å². The van der Waals surface area contributed by atoms with Crippen molar-refractivity contribution < 1.29 is 0 Å². The van der Waals surface area contributed by atoms with Gasteiger partial charge in [-0.15, -0.1) is 0 Å². The molecule has 0 spiro atoms. The molecule has 1 fully saturated rings. The summed E-state index contributed by atoms with van der Waals surface area (Å²) < 4.78 is 0. The van der Waals surface area contributed by atoms with Gasteiger partial charge in [0.25, 0.3) is 0 Å². The monoisotopic (exact) mass is 254 g/mol. The Balaban J connectivity index is 2.90. The van der Waals surface area contributed by atoms with E-state index in [1.54, 1.807) is 0 Å². The zero-order valence-corrected chi connectivity index (χ0v) is 13.3. The van der Waals surface area contributed by atoms with Crippen molar-refractivity contribution in [2.24, 2.45) is 5.92 Å². The molecule has 1 rings (SSSR count). The predicted molar refractivity (Wildman–Crippen MR) is 81.0 cm³/mol. The maximum atomic E-state index is 3.89. The van der Waals surface area contributed by atoms with Gasteiger partial charge in [0.15, 0.2) is 0 Å². The summed E-state index contributed by atoms with van der Waals surface area (Å²) in [5.41, 5.74) is 0.409. The molecule has 1 atom stereocenters. The Hall–Kier alpha value is -0.0800. The number of likely N-dealkylation sites (N-methyl/N-ethyl adjacent to an activating group) is 1. The summed E-state index contributed by atoms with van der Waals surface area (Å²) in [5, 5.41) is 3.89. The summed E-state index contributed by atoms with van der Waals surface area (Å²) in [6.45, 7) is 8.14. The van der Waals surface area contributed by atoms with Gasteiger partial charge in [0, 0.05) is 11.6 Å². The zero-order chi connectivity index (χ0) is 13.6. The summed E-state index contributed by atoms with van der Waals surface area (Å²) in [5.74, 6) is 0.817. The Labute approximate surface area is 115 Å². The van der Waals surface area contributed by atoms with Crippen LogP contribution in [0, 0.1) is 5.92 Å². The second-order valence-electron chi connectivity index (χ2n) is 6.21. The number of nitrogens with one attached hydrogen (secondary N) is 1. The summed E-state index contributed by atoms with van der Waals surface area (Å²) in [7, 11) is 4.57. The second-order valence-corrected chi connectivity index (χ2v) is 6.21. The third-order valence-corrected chi connectivity index (χ3v) is 5.07. The van der Waals surface area contributed by atoms with Crippen LogP contribution in [0.25, 0.3) is 0 Å². The zero-order valence-electron chi connectivity index (χ0n) is 13.3. The van der Waals surface area contributed by atoms with Crippen molar-refractivity contribution in [3.63, 3.8) is 0 Å². The van der Waals surface area contributed by atoms with Crippen molar-refractivity contribution >= 4 is 0 Å². The average Bonchev–Trinajstić information content (AvgIpc) is 2.85. The molecule has 2 nitrogen and oxygen atoms in total. The van der Waals surface area contributed by atoms with Crippen molar-refractivity contribution in [3.05, 3.63) is 0 Å².